The summed E-state index contributed by atoms with van der Waals surface area (Å²) in [5.74, 6) is 1.91. The Morgan fingerprint density at radius 3 is 2.83 bits per heavy atom. The molecule has 1 amide bonds. The molecule has 0 radical (unpaired) electrons. The van der Waals surface area contributed by atoms with Gasteiger partial charge in [-0.3, -0.25) is 9.69 Å². The Bertz CT molecular complexity index is 531. The zero-order valence-corrected chi connectivity index (χ0v) is 15.2. The van der Waals surface area contributed by atoms with E-state index in [1.54, 1.807) is 17.8 Å². The number of para-hydroxylation sites is 2. The van der Waals surface area contributed by atoms with Crippen LogP contribution in [0.4, 0.5) is 5.69 Å². The van der Waals surface area contributed by atoms with Crippen molar-refractivity contribution in [2.45, 2.75) is 0 Å². The van der Waals surface area contributed by atoms with E-state index >= 15 is 0 Å². The van der Waals surface area contributed by atoms with Gasteiger partial charge in [0.15, 0.2) is 0 Å². The third-order valence-corrected chi connectivity index (χ3v) is 4.83. The second-order valence-corrected chi connectivity index (χ2v) is 6.87. The second-order valence-electron chi connectivity index (χ2n) is 5.84. The molecule has 1 aromatic rings. The molecular formula is C18H27N3O2S. The van der Waals surface area contributed by atoms with Gasteiger partial charge in [-0.05, 0) is 19.2 Å². The highest BCUT2D eigenvalue weighted by Crippen LogP contribution is 2.24. The summed E-state index contributed by atoms with van der Waals surface area (Å²) in [5.41, 5.74) is 0.736. The van der Waals surface area contributed by atoms with Gasteiger partial charge in [0.2, 0.25) is 5.91 Å². The Labute approximate surface area is 149 Å². The van der Waals surface area contributed by atoms with Crippen molar-refractivity contribution >= 4 is 23.4 Å². The number of amides is 1. The van der Waals surface area contributed by atoms with E-state index in [9.17, 15) is 4.79 Å². The van der Waals surface area contributed by atoms with Crippen molar-refractivity contribution < 1.29 is 9.53 Å². The molecule has 0 spiro atoms. The van der Waals surface area contributed by atoms with Gasteiger partial charge >= 0.3 is 0 Å². The number of anilines is 1. The van der Waals surface area contributed by atoms with Gasteiger partial charge in [-0.2, -0.15) is 0 Å². The lowest BCUT2D eigenvalue weighted by Crippen LogP contribution is -2.45. The van der Waals surface area contributed by atoms with E-state index in [2.05, 4.69) is 28.7 Å². The molecule has 1 saturated heterocycles. The van der Waals surface area contributed by atoms with Crippen molar-refractivity contribution in [1.82, 2.24) is 9.80 Å². The van der Waals surface area contributed by atoms with Crippen LogP contribution in [0.2, 0.25) is 0 Å². The number of hydrogen-bond donors (Lipinski definition) is 1. The lowest BCUT2D eigenvalue weighted by atomic mass is 10.3. The summed E-state index contributed by atoms with van der Waals surface area (Å²) in [6.07, 6.45) is 1.80. The first-order valence-electron chi connectivity index (χ1n) is 8.30. The molecule has 0 atom stereocenters. The van der Waals surface area contributed by atoms with E-state index in [1.165, 1.54) is 0 Å². The molecule has 24 heavy (non-hydrogen) atoms. The number of likely N-dealkylation sites (N-methyl/N-ethyl adjacent to an activating group) is 1. The maximum atomic E-state index is 12.0. The van der Waals surface area contributed by atoms with Gasteiger partial charge < -0.3 is 15.0 Å². The monoisotopic (exact) mass is 349 g/mol. The average Bonchev–Trinajstić information content (AvgIpc) is 2.58. The van der Waals surface area contributed by atoms with Crippen molar-refractivity contribution in [3.63, 3.8) is 0 Å². The molecule has 1 aromatic carbocycles. The Kier molecular flexibility index (Phi) is 8.15. The molecule has 0 bridgehead atoms. The average molecular weight is 350 g/mol. The number of nitrogens with one attached hydrogen (secondary N) is 1. The molecule has 0 saturated carbocycles. The molecule has 5 nitrogen and oxygen atoms in total. The van der Waals surface area contributed by atoms with Crippen LogP contribution in [0, 0.1) is 0 Å². The Morgan fingerprint density at radius 2 is 2.08 bits per heavy atom. The second kappa shape index (κ2) is 10.4. The first-order chi connectivity index (χ1) is 11.7. The van der Waals surface area contributed by atoms with E-state index in [0.29, 0.717) is 12.4 Å². The minimum Gasteiger partial charge on any atom is -0.490 e. The molecule has 0 aliphatic carbocycles. The van der Waals surface area contributed by atoms with E-state index in [4.69, 9.17) is 4.74 Å². The predicted molar refractivity (Wildman–Crippen MR) is 102 cm³/mol. The number of carbonyl (C=O) groups excluding carboxylic acids is 1. The van der Waals surface area contributed by atoms with Crippen LogP contribution in [0.5, 0.6) is 5.75 Å². The Morgan fingerprint density at radius 1 is 1.33 bits per heavy atom. The number of hydrogen-bond acceptors (Lipinski definition) is 5. The molecule has 1 aliphatic rings. The van der Waals surface area contributed by atoms with Gasteiger partial charge in [0.1, 0.15) is 12.4 Å². The van der Waals surface area contributed by atoms with E-state index < -0.39 is 0 Å². The number of rotatable bonds is 9. The van der Waals surface area contributed by atoms with Crippen molar-refractivity contribution in [1.29, 1.82) is 0 Å². The standard InChI is InChI=1S/C18H27N3O2S/c1-3-14-24-15-18(22)19-16-6-4-5-7-17(16)23-13-12-21-10-8-20(2)9-11-21/h3-7H,1,8-15H2,2H3,(H,19,22). The maximum absolute atomic E-state index is 12.0. The number of nitrogens with zero attached hydrogens (tertiary/aromatic N) is 2. The summed E-state index contributed by atoms with van der Waals surface area (Å²) in [7, 11) is 2.15. The Balaban J connectivity index is 1.78. The lowest BCUT2D eigenvalue weighted by molar-refractivity contribution is -0.113. The van der Waals surface area contributed by atoms with E-state index in [-0.39, 0.29) is 5.91 Å². The summed E-state index contributed by atoms with van der Waals surface area (Å²) >= 11 is 1.54. The van der Waals surface area contributed by atoms with Gasteiger partial charge in [-0.1, -0.05) is 18.2 Å². The topological polar surface area (TPSA) is 44.8 Å². The number of ether oxygens (including phenoxy) is 1. The summed E-state index contributed by atoms with van der Waals surface area (Å²) in [6, 6.07) is 7.60. The fourth-order valence-electron chi connectivity index (χ4n) is 2.47. The van der Waals surface area contributed by atoms with E-state index in [1.807, 2.05) is 24.3 Å². The molecule has 6 heteroatoms. The molecule has 132 valence electrons. The molecule has 0 unspecified atom stereocenters. The summed E-state index contributed by atoms with van der Waals surface area (Å²) in [4.78, 5) is 16.7. The number of benzene rings is 1. The lowest BCUT2D eigenvalue weighted by Gasteiger charge is -2.32. The minimum atomic E-state index is -0.0167. The zero-order valence-electron chi connectivity index (χ0n) is 14.4. The van der Waals surface area contributed by atoms with Crippen molar-refractivity contribution in [2.24, 2.45) is 0 Å². The van der Waals surface area contributed by atoms with Crippen molar-refractivity contribution in [3.8, 4) is 5.75 Å². The van der Waals surface area contributed by atoms with Gasteiger partial charge in [-0.15, -0.1) is 18.3 Å². The normalized spacial score (nSPS) is 15.9. The summed E-state index contributed by atoms with van der Waals surface area (Å²) in [5, 5.41) is 2.92. The Hall–Kier alpha value is -1.50. The van der Waals surface area contributed by atoms with Crippen LogP contribution < -0.4 is 10.1 Å². The van der Waals surface area contributed by atoms with E-state index in [0.717, 1.165) is 49.9 Å². The molecule has 1 fully saturated rings. The highest BCUT2D eigenvalue weighted by Gasteiger charge is 2.14. The highest BCUT2D eigenvalue weighted by molar-refractivity contribution is 8.00. The highest BCUT2D eigenvalue weighted by atomic mass is 32.2. The summed E-state index contributed by atoms with van der Waals surface area (Å²) in [6.45, 7) is 9.56. The van der Waals surface area contributed by atoms with Crippen LogP contribution in [-0.2, 0) is 4.79 Å². The van der Waals surface area contributed by atoms with Gasteiger partial charge in [-0.25, -0.2) is 0 Å². The fraction of sp³-hybridized carbons (Fsp3) is 0.500. The van der Waals surface area contributed by atoms with Crippen molar-refractivity contribution in [2.75, 3.05) is 63.2 Å². The summed E-state index contributed by atoms with van der Waals surface area (Å²) < 4.78 is 5.90. The number of carbonyl (C=O) groups is 1. The van der Waals surface area contributed by atoms with Crippen molar-refractivity contribution in [3.05, 3.63) is 36.9 Å². The molecule has 1 aliphatic heterocycles. The largest absolute Gasteiger partial charge is 0.490 e. The molecular weight excluding hydrogens is 322 g/mol. The smallest absolute Gasteiger partial charge is 0.234 e. The molecule has 1 N–H and O–H groups in total. The quantitative estimate of drug-likeness (QED) is 0.547. The van der Waals surface area contributed by atoms with Crippen LogP contribution in [0.1, 0.15) is 0 Å². The van der Waals surface area contributed by atoms with Crippen LogP contribution >= 0.6 is 11.8 Å². The fourth-order valence-corrected chi connectivity index (χ4v) is 3.02. The molecule has 2 rings (SSSR count). The predicted octanol–water partition coefficient (Wildman–Crippen LogP) is 2.17. The van der Waals surface area contributed by atoms with Crippen LogP contribution in [0.3, 0.4) is 0 Å². The number of piperazine rings is 1. The van der Waals surface area contributed by atoms with Gasteiger partial charge in [0.25, 0.3) is 0 Å². The molecule has 0 aromatic heterocycles. The van der Waals surface area contributed by atoms with Crippen LogP contribution in [-0.4, -0.2) is 73.6 Å². The maximum Gasteiger partial charge on any atom is 0.234 e. The molecule has 1 heterocycles. The minimum absolute atomic E-state index is 0.0167. The van der Waals surface area contributed by atoms with Crippen LogP contribution in [0.25, 0.3) is 0 Å². The zero-order chi connectivity index (χ0) is 17.2. The first kappa shape index (κ1) is 18.8. The van der Waals surface area contributed by atoms with Gasteiger partial charge in [0, 0.05) is 38.5 Å². The third-order valence-electron chi connectivity index (χ3n) is 3.89. The SMILES string of the molecule is C=CCSCC(=O)Nc1ccccc1OCCN1CCN(C)CC1. The number of thioether (sulfide) groups is 1. The third kappa shape index (κ3) is 6.55. The van der Waals surface area contributed by atoms with Crippen LogP contribution in [0.15, 0.2) is 36.9 Å². The van der Waals surface area contributed by atoms with Gasteiger partial charge in [0.05, 0.1) is 11.4 Å². The first-order valence-corrected chi connectivity index (χ1v) is 9.45.